The van der Waals surface area contributed by atoms with Gasteiger partial charge in [0.2, 0.25) is 0 Å². The van der Waals surface area contributed by atoms with E-state index in [2.05, 4.69) is 53.5 Å². The summed E-state index contributed by atoms with van der Waals surface area (Å²) < 4.78 is 152. The summed E-state index contributed by atoms with van der Waals surface area (Å²) in [6, 6.07) is 0. The number of phosphoric ester groups is 3. The number of aliphatic hydroxyl groups is 1. The molecule has 97 heavy (non-hydrogen) atoms. The molecule has 3 saturated heterocycles. The number of aliphatic hydroxyl groups excluding tert-OH is 1. The number of fused-ring (bicyclic) bond motifs is 3. The Morgan fingerprint density at radius 2 is 0.804 bits per heavy atom. The van der Waals surface area contributed by atoms with Crippen molar-refractivity contribution in [3.8, 4) is 0 Å². The Kier molecular flexibility index (Phi) is 22.0. The largest absolute Gasteiger partial charge is 0.490 e. The number of anilines is 3. The first-order chi connectivity index (χ1) is 44.9. The minimum Gasteiger partial charge on any atom is -0.456 e. The topological polar surface area (TPSA) is 625 Å². The molecule has 6 aromatic heterocycles. The molecule has 0 spiro atoms. The van der Waals surface area contributed by atoms with Crippen molar-refractivity contribution in [1.82, 2.24) is 58.6 Å². The smallest absolute Gasteiger partial charge is 0.456 e. The van der Waals surface area contributed by atoms with Gasteiger partial charge in [-0.2, -0.15) is 8.62 Å². The van der Waals surface area contributed by atoms with Crippen molar-refractivity contribution in [1.29, 1.82) is 0 Å². The number of nitrogen functional groups attached to an aromatic ring is 3. The number of imidazole rings is 3. The highest BCUT2D eigenvalue weighted by Crippen LogP contribution is 2.66. The zero-order chi connectivity index (χ0) is 71.3. The Morgan fingerprint density at radius 3 is 1.16 bits per heavy atom. The maximum absolute atomic E-state index is 14.8. The summed E-state index contributed by atoms with van der Waals surface area (Å²) >= 11 is 0. The lowest BCUT2D eigenvalue weighted by Crippen LogP contribution is -2.41. The Bertz CT molecular complexity index is 4140. The molecule has 6 aromatic rings. The Balaban J connectivity index is 1.04. The summed E-state index contributed by atoms with van der Waals surface area (Å²) in [5.74, 6) is -2.99. The van der Waals surface area contributed by atoms with Crippen molar-refractivity contribution in [2.24, 2.45) is 16.2 Å². The van der Waals surface area contributed by atoms with Crippen LogP contribution in [0.15, 0.2) is 38.0 Å². The molecule has 9 heterocycles. The minimum absolute atomic E-state index is 0.0364. The number of carbonyl (C=O) groups excluding carboxylic acids is 3. The van der Waals surface area contributed by atoms with Crippen LogP contribution in [-0.2, 0) is 106 Å². The predicted molar refractivity (Wildman–Crippen MR) is 318 cm³/mol. The summed E-state index contributed by atoms with van der Waals surface area (Å²) in [6.45, 7) is 7.88. The van der Waals surface area contributed by atoms with E-state index in [9.17, 15) is 61.9 Å². The van der Waals surface area contributed by atoms with E-state index in [0.717, 1.165) is 40.8 Å². The average Bonchev–Trinajstić information content (AvgIpc) is 1.62. The van der Waals surface area contributed by atoms with Gasteiger partial charge >= 0.3 is 57.0 Å². The molecule has 3 fully saturated rings. The SMILES string of the molecule is CC(C)(C)C(=O)OCO[C@H]1[C@@H](OP(=O)(O)OC[C@H]2O[C@@H](n3cnc4c(N)ncnc43)[C@H](O)[C@@H]2OC(=O)C(C)(C)C)[C@H](n2cnc3c(N)ncnc32)O[C@@H]1COP(=O)(O)O[C@@H]1[C@H](OCOC(=O)C(C)(C)C)[C@@H](COP(=O)(O)OP(=O)(O)OP(=O)(O)O)O[C@H]1n1cnc2c(N)ncnc21. The number of phosphoric acid groups is 5. The molecule has 0 aromatic carbocycles. The molecule has 0 radical (unpaired) electrons. The minimum atomic E-state index is -6.11. The van der Waals surface area contributed by atoms with Crippen LogP contribution in [0.5, 0.6) is 0 Å². The van der Waals surface area contributed by atoms with Gasteiger partial charge in [-0.1, -0.05) is 0 Å². The van der Waals surface area contributed by atoms with Crippen molar-refractivity contribution in [2.75, 3.05) is 50.6 Å². The molecule has 45 nitrogen and oxygen atoms in total. The highest BCUT2D eigenvalue weighted by molar-refractivity contribution is 7.66. The summed E-state index contributed by atoms with van der Waals surface area (Å²) in [4.78, 5) is 139. The van der Waals surface area contributed by atoms with E-state index in [1.165, 1.54) is 73.2 Å². The number of hydrogen-bond acceptors (Lipinski definition) is 36. The van der Waals surface area contributed by atoms with Gasteiger partial charge in [0.1, 0.15) is 84.4 Å². The third-order valence-corrected chi connectivity index (χ3v) is 19.7. The first-order valence-corrected chi connectivity index (χ1v) is 35.8. The van der Waals surface area contributed by atoms with E-state index in [0.29, 0.717) is 0 Å². The van der Waals surface area contributed by atoms with E-state index in [1.54, 1.807) is 0 Å². The van der Waals surface area contributed by atoms with E-state index in [4.69, 9.17) is 87.5 Å². The lowest BCUT2D eigenvalue weighted by molar-refractivity contribution is -0.178. The van der Waals surface area contributed by atoms with E-state index < -0.39 is 180 Å². The highest BCUT2D eigenvalue weighted by atomic mass is 31.3. The van der Waals surface area contributed by atoms with E-state index in [1.807, 2.05) is 0 Å². The second-order valence-corrected chi connectivity index (χ2v) is 31.7. The molecule has 9 rings (SSSR count). The summed E-state index contributed by atoms with van der Waals surface area (Å²) in [6.07, 6.45) is -15.6. The van der Waals surface area contributed by atoms with Crippen molar-refractivity contribution >= 4 is 108 Å². The van der Waals surface area contributed by atoms with Crippen molar-refractivity contribution in [3.63, 3.8) is 0 Å². The summed E-state index contributed by atoms with van der Waals surface area (Å²) in [7, 11) is -29.5. The van der Waals surface area contributed by atoms with Crippen LogP contribution < -0.4 is 17.2 Å². The zero-order valence-corrected chi connectivity index (χ0v) is 56.8. The van der Waals surface area contributed by atoms with Gasteiger partial charge in [0.25, 0.3) is 0 Å². The van der Waals surface area contributed by atoms with Crippen molar-refractivity contribution in [3.05, 3.63) is 38.0 Å². The Hall–Kier alpha value is -6.15. The zero-order valence-electron chi connectivity index (χ0n) is 52.3. The number of esters is 3. The Morgan fingerprint density at radius 1 is 0.464 bits per heavy atom. The third-order valence-electron chi connectivity index (χ3n) is 14.0. The van der Waals surface area contributed by atoms with Crippen LogP contribution in [0.4, 0.5) is 17.5 Å². The molecule has 0 bridgehead atoms. The van der Waals surface area contributed by atoms with Gasteiger partial charge in [0.05, 0.1) is 55.0 Å². The number of nitrogens with two attached hydrogens (primary N) is 3. The van der Waals surface area contributed by atoms with Crippen molar-refractivity contribution < 1.29 is 141 Å². The van der Waals surface area contributed by atoms with Crippen LogP contribution in [0, 0.1) is 16.2 Å². The van der Waals surface area contributed by atoms with Crippen LogP contribution in [0.1, 0.15) is 81.0 Å². The van der Waals surface area contributed by atoms with E-state index >= 15 is 0 Å². The number of ether oxygens (including phenoxy) is 8. The molecule has 4 unspecified atom stereocenters. The third kappa shape index (κ3) is 17.9. The number of carbonyl (C=O) groups is 3. The van der Waals surface area contributed by atoms with E-state index in [-0.39, 0.29) is 50.9 Å². The maximum atomic E-state index is 14.8. The first kappa shape index (κ1) is 75.1. The molecule has 536 valence electrons. The summed E-state index contributed by atoms with van der Waals surface area (Å²) in [5.41, 5.74) is 14.4. The molecule has 13 N–H and O–H groups in total. The Labute approximate surface area is 546 Å². The average molecular weight is 1480 g/mol. The maximum Gasteiger partial charge on any atom is 0.490 e. The van der Waals surface area contributed by atoms with Gasteiger partial charge in [-0.3, -0.25) is 50.7 Å². The second kappa shape index (κ2) is 28.5. The molecule has 0 aliphatic carbocycles. The molecule has 3 aliphatic heterocycles. The molecule has 3 aliphatic rings. The van der Waals surface area contributed by atoms with Gasteiger partial charge in [0, 0.05) is 0 Å². The molecule has 50 heteroatoms. The molecule has 0 amide bonds. The van der Waals surface area contributed by atoms with Gasteiger partial charge in [-0.25, -0.2) is 67.7 Å². The number of rotatable bonds is 27. The monoisotopic (exact) mass is 1480 g/mol. The predicted octanol–water partition coefficient (Wildman–Crippen LogP) is 1.48. The highest BCUT2D eigenvalue weighted by Gasteiger charge is 2.56. The lowest BCUT2D eigenvalue weighted by Gasteiger charge is -2.28. The first-order valence-electron chi connectivity index (χ1n) is 28.2. The van der Waals surface area contributed by atoms with Crippen molar-refractivity contribution in [2.45, 2.75) is 136 Å². The number of hydrogen-bond donors (Lipinski definition) is 10. The number of aromatic nitrogens is 12. The van der Waals surface area contributed by atoms with Crippen LogP contribution in [0.3, 0.4) is 0 Å². The second-order valence-electron chi connectivity index (χ2n) is 24.5. The van der Waals surface area contributed by atoms with Gasteiger partial charge < -0.3 is 89.6 Å². The van der Waals surface area contributed by atoms with Crippen LogP contribution in [0.2, 0.25) is 0 Å². The summed E-state index contributed by atoms with van der Waals surface area (Å²) in [5, 5.41) is 11.8. The molecule has 16 atom stereocenters. The van der Waals surface area contributed by atoms with Gasteiger partial charge in [-0.15, -0.1) is 0 Å². The van der Waals surface area contributed by atoms with Gasteiger partial charge in [-0.05, 0) is 62.3 Å². The standard InChI is InChI=1S/C47H68N15O30P5/c1-45(2,3)42(64)80-19-78-29-22(11-83-95(72,73)90-32-30(79-20-81-43(65)46(4,5)6)23(12-84-96(74,75)92-97(76,77)91-93(67,68)69)87-41(32)62-18-59-26-35(50)53-15-56-38(26)62)86-40(61-17-58-25-34(49)52-14-55-37(25)61)31(29)89-94(70,71)82-10-21-28(88-44(66)47(7,8)9)27(63)39(85-21)60-16-57-24-33(48)51-13-54-36(24)60/h13-18,21-23,27-32,39-41,63H,10-12,19-20H2,1-9H3,(H,70,71)(H,72,73)(H,74,75)(H,76,77)(H2,48,51,54)(H2,49,52,55)(H2,50,53,56)(H2,67,68,69)/t21-,22-,23-,27-,28-,29-,30-,31-,32-,39-,40-,41-/m1/s1. The lowest BCUT2D eigenvalue weighted by atomic mass is 9.97. The number of nitrogens with zero attached hydrogens (tertiary/aromatic N) is 12. The fourth-order valence-electron chi connectivity index (χ4n) is 9.40. The molecular weight excluding hydrogens is 1410 g/mol. The van der Waals surface area contributed by atoms with Crippen LogP contribution in [0.25, 0.3) is 33.5 Å². The molecular formula is C47H68N15O30P5. The van der Waals surface area contributed by atoms with Gasteiger partial charge in [0.15, 0.2) is 72.8 Å². The van der Waals surface area contributed by atoms with Crippen LogP contribution >= 0.6 is 39.1 Å². The fraction of sp³-hybridized carbons (Fsp3) is 0.617. The quantitative estimate of drug-likeness (QED) is 0.0151. The van der Waals surface area contributed by atoms with Crippen LogP contribution in [-0.4, -0.2) is 199 Å². The normalized spacial score (nSPS) is 26.8. The molecule has 0 saturated carbocycles. The fourth-order valence-corrected chi connectivity index (χ4v) is 14.3.